The Balaban J connectivity index is 5.28. The molecule has 0 aliphatic carbocycles. The largest absolute Gasteiger partial charge is 0.472 e. The molecule has 92 heavy (non-hydrogen) atoms. The average molecular weight is 1350 g/mol. The highest BCUT2D eigenvalue weighted by atomic mass is 31.2. The van der Waals surface area contributed by atoms with Gasteiger partial charge >= 0.3 is 39.5 Å². The van der Waals surface area contributed by atoms with Gasteiger partial charge < -0.3 is 33.8 Å². The zero-order chi connectivity index (χ0) is 68.0. The Hall–Kier alpha value is -1.94. The maximum absolute atomic E-state index is 13.0. The zero-order valence-corrected chi connectivity index (χ0v) is 61.8. The van der Waals surface area contributed by atoms with E-state index in [1.165, 1.54) is 180 Å². The molecule has 6 atom stereocenters. The van der Waals surface area contributed by atoms with Gasteiger partial charge in [-0.25, -0.2) is 9.13 Å². The van der Waals surface area contributed by atoms with Gasteiger partial charge in [0, 0.05) is 25.7 Å². The van der Waals surface area contributed by atoms with Crippen LogP contribution >= 0.6 is 15.6 Å². The summed E-state index contributed by atoms with van der Waals surface area (Å²) in [6, 6.07) is 0. The Morgan fingerprint density at radius 3 is 0.826 bits per heavy atom. The molecule has 0 rings (SSSR count). The second kappa shape index (κ2) is 63.8. The number of aliphatic hydroxyl groups is 1. The van der Waals surface area contributed by atoms with Gasteiger partial charge in [-0.3, -0.25) is 37.3 Å². The monoisotopic (exact) mass is 1350 g/mol. The summed E-state index contributed by atoms with van der Waals surface area (Å²) in [6.45, 7) is 11.9. The van der Waals surface area contributed by atoms with E-state index in [-0.39, 0.29) is 25.7 Å². The van der Waals surface area contributed by atoms with Crippen LogP contribution in [0.3, 0.4) is 0 Å². The molecule has 0 saturated heterocycles. The fourth-order valence-electron chi connectivity index (χ4n) is 11.0. The summed E-state index contributed by atoms with van der Waals surface area (Å²) in [4.78, 5) is 72.7. The highest BCUT2D eigenvalue weighted by Gasteiger charge is 2.30. The summed E-state index contributed by atoms with van der Waals surface area (Å²) in [5.74, 6) is 0.181. The quantitative estimate of drug-likeness (QED) is 0.0222. The van der Waals surface area contributed by atoms with E-state index in [1.807, 2.05) is 0 Å². The molecule has 0 aromatic carbocycles. The van der Waals surface area contributed by atoms with Gasteiger partial charge in [0.05, 0.1) is 26.4 Å². The van der Waals surface area contributed by atoms with E-state index in [0.29, 0.717) is 25.7 Å². The predicted octanol–water partition coefficient (Wildman–Crippen LogP) is 21.0. The van der Waals surface area contributed by atoms with Crippen LogP contribution in [0.4, 0.5) is 0 Å². The fourth-order valence-corrected chi connectivity index (χ4v) is 12.6. The molecule has 19 heteroatoms. The summed E-state index contributed by atoms with van der Waals surface area (Å²) in [5.41, 5.74) is 0. The normalized spacial score (nSPS) is 14.4. The molecular weight excluding hydrogens is 1210 g/mol. The summed E-state index contributed by atoms with van der Waals surface area (Å²) in [5, 5.41) is 10.6. The van der Waals surface area contributed by atoms with Gasteiger partial charge in [-0.05, 0) is 43.4 Å². The van der Waals surface area contributed by atoms with Crippen LogP contribution in [0.25, 0.3) is 0 Å². The Bertz CT molecular complexity index is 1800. The maximum atomic E-state index is 13.0. The Morgan fingerprint density at radius 2 is 0.554 bits per heavy atom. The number of phosphoric acid groups is 2. The smallest absolute Gasteiger partial charge is 0.462 e. The topological polar surface area (TPSA) is 237 Å². The third-order valence-corrected chi connectivity index (χ3v) is 19.1. The number of esters is 4. The van der Waals surface area contributed by atoms with Crippen molar-refractivity contribution in [3.8, 4) is 0 Å². The molecule has 0 aromatic rings. The first-order valence-corrected chi connectivity index (χ1v) is 40.9. The lowest BCUT2D eigenvalue weighted by atomic mass is 9.99. The first kappa shape index (κ1) is 90.1. The molecule has 0 amide bonds. The predicted molar refractivity (Wildman–Crippen MR) is 372 cm³/mol. The van der Waals surface area contributed by atoms with Gasteiger partial charge in [0.25, 0.3) is 0 Å². The molecule has 0 fully saturated rings. The molecule has 0 aliphatic rings. The van der Waals surface area contributed by atoms with Crippen LogP contribution in [0.1, 0.15) is 370 Å². The minimum absolute atomic E-state index is 0.106. The van der Waals surface area contributed by atoms with E-state index >= 15 is 0 Å². The lowest BCUT2D eigenvalue weighted by Crippen LogP contribution is -2.30. The molecule has 3 N–H and O–H groups in total. The molecule has 0 aromatic heterocycles. The third-order valence-electron chi connectivity index (χ3n) is 17.2. The van der Waals surface area contributed by atoms with Crippen molar-refractivity contribution in [2.24, 2.45) is 17.8 Å². The molecule has 0 spiro atoms. The van der Waals surface area contributed by atoms with Gasteiger partial charge in [0.2, 0.25) is 0 Å². The van der Waals surface area contributed by atoms with E-state index < -0.39 is 97.5 Å². The highest BCUT2D eigenvalue weighted by Crippen LogP contribution is 2.45. The number of carbonyl (C=O) groups is 4. The van der Waals surface area contributed by atoms with Crippen LogP contribution in [-0.4, -0.2) is 96.7 Å². The van der Waals surface area contributed by atoms with Crippen LogP contribution in [0, 0.1) is 17.8 Å². The Labute approximate surface area is 562 Å². The molecule has 0 heterocycles. The summed E-state index contributed by atoms with van der Waals surface area (Å²) in [7, 11) is -9.91. The minimum atomic E-state index is -4.95. The van der Waals surface area contributed by atoms with Gasteiger partial charge in [-0.2, -0.15) is 0 Å². The van der Waals surface area contributed by atoms with Crippen molar-refractivity contribution in [1.82, 2.24) is 0 Å². The lowest BCUT2D eigenvalue weighted by molar-refractivity contribution is -0.161. The summed E-state index contributed by atoms with van der Waals surface area (Å²) >= 11 is 0. The highest BCUT2D eigenvalue weighted by molar-refractivity contribution is 7.47. The molecule has 0 saturated carbocycles. The van der Waals surface area contributed by atoms with E-state index in [1.54, 1.807) is 0 Å². The molecule has 17 nitrogen and oxygen atoms in total. The molecule has 3 unspecified atom stereocenters. The van der Waals surface area contributed by atoms with E-state index in [0.717, 1.165) is 108 Å². The van der Waals surface area contributed by atoms with Crippen molar-refractivity contribution in [1.29, 1.82) is 0 Å². The van der Waals surface area contributed by atoms with Crippen molar-refractivity contribution in [2.45, 2.75) is 388 Å². The fraction of sp³-hybridized carbons (Fsp3) is 0.945. The van der Waals surface area contributed by atoms with Crippen LogP contribution in [-0.2, 0) is 65.4 Å². The minimum Gasteiger partial charge on any atom is -0.462 e. The number of phosphoric ester groups is 2. The molecule has 0 radical (unpaired) electrons. The first-order chi connectivity index (χ1) is 44.3. The molecular formula is C73H142O17P2. The van der Waals surface area contributed by atoms with E-state index in [4.69, 9.17) is 37.0 Å². The second-order valence-electron chi connectivity index (χ2n) is 27.5. The number of hydrogen-bond donors (Lipinski definition) is 3. The van der Waals surface area contributed by atoms with E-state index in [2.05, 4.69) is 48.5 Å². The SMILES string of the molecule is CCCCCCCCCCCCCCCC(=O)O[C@H](COC(=O)CCCCCCCCCCC(C)CC)COP(=O)(O)OC[C@H](O)COP(=O)(O)OC[C@@H](COC(=O)CCCCCCCCCCCCC(C)C)OC(=O)CCCCCCCCCCCCCC(C)C. The average Bonchev–Trinajstić information content (AvgIpc) is 2.26. The van der Waals surface area contributed by atoms with Gasteiger partial charge in [-0.1, -0.05) is 318 Å². The number of unbranched alkanes of at least 4 members (excludes halogenated alkanes) is 38. The third kappa shape index (κ3) is 65.4. The zero-order valence-electron chi connectivity index (χ0n) is 60.0. The standard InChI is InChI=1S/C73H142O17P2/c1-8-10-11-12-13-14-15-16-19-26-35-42-49-56-72(77)90-69(61-84-71(76)55-48-41-34-29-28-32-39-46-53-66(7)9-2)63-88-92(81,82)86-59-67(74)58-85-91(79,80)87-62-68(60-83-70(75)54-47-40-33-25-22-21-24-31-38-45-52-65(5)6)89-73(78)57-50-43-36-27-20-17-18-23-30-37-44-51-64(3)4/h64-69,74H,8-63H2,1-7H3,(H,79,80)(H,81,82)/t66?,67-,68-,69-/m1/s1. The lowest BCUT2D eigenvalue weighted by Gasteiger charge is -2.21. The van der Waals surface area contributed by atoms with Crippen molar-refractivity contribution >= 4 is 39.5 Å². The van der Waals surface area contributed by atoms with Crippen molar-refractivity contribution in [2.75, 3.05) is 39.6 Å². The summed E-state index contributed by atoms with van der Waals surface area (Å²) in [6.07, 6.45) is 48.4. The Kier molecular flexibility index (Phi) is 62.4. The van der Waals surface area contributed by atoms with Crippen LogP contribution in [0.15, 0.2) is 0 Å². The maximum Gasteiger partial charge on any atom is 0.472 e. The molecule has 0 bridgehead atoms. The number of rotatable bonds is 71. The van der Waals surface area contributed by atoms with Crippen molar-refractivity contribution in [3.05, 3.63) is 0 Å². The number of carbonyl (C=O) groups excluding carboxylic acids is 4. The van der Waals surface area contributed by atoms with Crippen LogP contribution in [0.2, 0.25) is 0 Å². The molecule has 546 valence electrons. The van der Waals surface area contributed by atoms with Crippen molar-refractivity contribution in [3.63, 3.8) is 0 Å². The number of aliphatic hydroxyl groups excluding tert-OH is 1. The van der Waals surface area contributed by atoms with Gasteiger partial charge in [-0.15, -0.1) is 0 Å². The summed E-state index contributed by atoms with van der Waals surface area (Å²) < 4.78 is 68.4. The number of hydrogen-bond acceptors (Lipinski definition) is 15. The van der Waals surface area contributed by atoms with Crippen LogP contribution < -0.4 is 0 Å². The number of ether oxygens (including phenoxy) is 4. The first-order valence-electron chi connectivity index (χ1n) is 37.9. The second-order valence-corrected chi connectivity index (χ2v) is 30.4. The van der Waals surface area contributed by atoms with Crippen molar-refractivity contribution < 1.29 is 80.2 Å². The van der Waals surface area contributed by atoms with Crippen LogP contribution in [0.5, 0.6) is 0 Å². The molecule has 0 aliphatic heterocycles. The van der Waals surface area contributed by atoms with Gasteiger partial charge in [0.1, 0.15) is 19.3 Å². The van der Waals surface area contributed by atoms with E-state index in [9.17, 15) is 43.2 Å². The van der Waals surface area contributed by atoms with Gasteiger partial charge in [0.15, 0.2) is 12.2 Å². The Morgan fingerprint density at radius 1 is 0.315 bits per heavy atom.